The van der Waals surface area contributed by atoms with Gasteiger partial charge in [-0.15, -0.1) is 0 Å². The molecule has 21 heavy (non-hydrogen) atoms. The number of methoxy groups -OCH3 is 1. The molecule has 1 fully saturated rings. The molecule has 0 atom stereocenters. The second kappa shape index (κ2) is 6.75. The summed E-state index contributed by atoms with van der Waals surface area (Å²) in [6, 6.07) is 2.89. The lowest BCUT2D eigenvalue weighted by Crippen LogP contribution is -2.36. The van der Waals surface area contributed by atoms with E-state index in [4.69, 9.17) is 4.74 Å². The third-order valence-electron chi connectivity index (χ3n) is 3.74. The third kappa shape index (κ3) is 4.97. The summed E-state index contributed by atoms with van der Waals surface area (Å²) >= 11 is 0. The molecule has 118 valence electrons. The van der Waals surface area contributed by atoms with E-state index in [1.807, 2.05) is 6.20 Å². The van der Waals surface area contributed by atoms with Gasteiger partial charge in [-0.1, -0.05) is 0 Å². The van der Waals surface area contributed by atoms with Gasteiger partial charge in [-0.3, -0.25) is 4.98 Å². The third-order valence-corrected chi connectivity index (χ3v) is 3.74. The monoisotopic (exact) mass is 291 g/mol. The van der Waals surface area contributed by atoms with Crippen molar-refractivity contribution in [1.29, 1.82) is 0 Å². The zero-order valence-electron chi connectivity index (χ0n) is 14.1. The topological polar surface area (TPSA) is 37.4 Å². The Morgan fingerprint density at radius 3 is 2.67 bits per heavy atom. The number of hydrogen-bond donors (Lipinski definition) is 1. The Morgan fingerprint density at radius 1 is 1.38 bits per heavy atom. The normalized spacial score (nSPS) is 15.3. The second-order valence-corrected chi connectivity index (χ2v) is 6.98. The summed E-state index contributed by atoms with van der Waals surface area (Å²) in [6.07, 6.45) is 4.60. The van der Waals surface area contributed by atoms with Crippen molar-refractivity contribution < 1.29 is 4.74 Å². The lowest BCUT2D eigenvalue weighted by Gasteiger charge is -2.28. The standard InChI is InChI=1S/C17H29N3O/c1-13-10-16(20(8-9-21-5)15-6-7-15)14(11-18-13)12-19-17(2,3)4/h10-11,15,19H,6-9,12H2,1-5H3. The predicted octanol–water partition coefficient (Wildman–Crippen LogP) is 2.89. The molecule has 2 rings (SSSR count). The number of nitrogens with one attached hydrogen (secondary N) is 1. The smallest absolute Gasteiger partial charge is 0.0637 e. The first-order valence-corrected chi connectivity index (χ1v) is 7.87. The van der Waals surface area contributed by atoms with E-state index in [2.05, 4.69) is 49.0 Å². The molecule has 1 aromatic heterocycles. The lowest BCUT2D eigenvalue weighted by atomic mass is 10.1. The first-order chi connectivity index (χ1) is 9.90. The van der Waals surface area contributed by atoms with E-state index in [0.29, 0.717) is 6.04 Å². The van der Waals surface area contributed by atoms with Crippen molar-refractivity contribution in [2.24, 2.45) is 0 Å². The molecule has 1 N–H and O–H groups in total. The van der Waals surface area contributed by atoms with Crippen molar-refractivity contribution in [3.05, 3.63) is 23.5 Å². The highest BCUT2D eigenvalue weighted by Crippen LogP contribution is 2.33. The van der Waals surface area contributed by atoms with Gasteiger partial charge in [0.25, 0.3) is 0 Å². The molecule has 0 saturated heterocycles. The summed E-state index contributed by atoms with van der Waals surface area (Å²) < 4.78 is 5.28. The van der Waals surface area contributed by atoms with Crippen LogP contribution in [0.15, 0.2) is 12.3 Å². The highest BCUT2D eigenvalue weighted by atomic mass is 16.5. The summed E-state index contributed by atoms with van der Waals surface area (Å²) in [7, 11) is 1.77. The van der Waals surface area contributed by atoms with Crippen molar-refractivity contribution in [3.63, 3.8) is 0 Å². The number of aryl methyl sites for hydroxylation is 1. The second-order valence-electron chi connectivity index (χ2n) is 6.98. The maximum atomic E-state index is 5.28. The van der Waals surface area contributed by atoms with Crippen LogP contribution in [-0.2, 0) is 11.3 Å². The van der Waals surface area contributed by atoms with Crippen molar-refractivity contribution in [3.8, 4) is 0 Å². The summed E-state index contributed by atoms with van der Waals surface area (Å²) in [5.74, 6) is 0. The zero-order valence-corrected chi connectivity index (χ0v) is 14.1. The molecule has 0 aliphatic heterocycles. The van der Waals surface area contributed by atoms with E-state index >= 15 is 0 Å². The molecule has 1 saturated carbocycles. The fraction of sp³-hybridized carbons (Fsp3) is 0.706. The highest BCUT2D eigenvalue weighted by molar-refractivity contribution is 5.55. The minimum atomic E-state index is 0.110. The molecule has 1 aliphatic rings. The van der Waals surface area contributed by atoms with Crippen LogP contribution in [0.1, 0.15) is 44.9 Å². The van der Waals surface area contributed by atoms with E-state index in [9.17, 15) is 0 Å². The van der Waals surface area contributed by atoms with Crippen LogP contribution in [0.4, 0.5) is 5.69 Å². The molecule has 4 nitrogen and oxygen atoms in total. The van der Waals surface area contributed by atoms with Gasteiger partial charge in [-0.2, -0.15) is 0 Å². The van der Waals surface area contributed by atoms with Crippen molar-refractivity contribution >= 4 is 5.69 Å². The fourth-order valence-corrected chi connectivity index (χ4v) is 2.41. The fourth-order valence-electron chi connectivity index (χ4n) is 2.41. The Balaban J connectivity index is 2.20. The van der Waals surface area contributed by atoms with Gasteiger partial charge in [-0.25, -0.2) is 0 Å². The number of aromatic nitrogens is 1. The van der Waals surface area contributed by atoms with Gasteiger partial charge in [0.05, 0.1) is 6.61 Å². The van der Waals surface area contributed by atoms with Gasteiger partial charge in [0.2, 0.25) is 0 Å². The van der Waals surface area contributed by atoms with Crippen molar-refractivity contribution in [1.82, 2.24) is 10.3 Å². The van der Waals surface area contributed by atoms with E-state index < -0.39 is 0 Å². The number of anilines is 1. The van der Waals surface area contributed by atoms with Gasteiger partial charge in [0.15, 0.2) is 0 Å². The minimum Gasteiger partial charge on any atom is -0.383 e. The molecule has 0 unspecified atom stereocenters. The number of pyridine rings is 1. The van der Waals surface area contributed by atoms with Crippen LogP contribution >= 0.6 is 0 Å². The molecule has 0 amide bonds. The molecule has 1 heterocycles. The molecule has 1 aliphatic carbocycles. The van der Waals surface area contributed by atoms with Crippen molar-refractivity contribution in [2.45, 2.75) is 58.7 Å². The van der Waals surface area contributed by atoms with Crippen LogP contribution < -0.4 is 10.2 Å². The largest absolute Gasteiger partial charge is 0.383 e. The van der Waals surface area contributed by atoms with Crippen LogP contribution in [0.5, 0.6) is 0 Å². The summed E-state index contributed by atoms with van der Waals surface area (Å²) in [5.41, 5.74) is 3.78. The van der Waals surface area contributed by atoms with Crippen LogP contribution in [0.25, 0.3) is 0 Å². The van der Waals surface area contributed by atoms with E-state index in [1.165, 1.54) is 24.1 Å². The Labute approximate surface area is 128 Å². The first-order valence-electron chi connectivity index (χ1n) is 7.87. The summed E-state index contributed by atoms with van der Waals surface area (Å²) in [6.45, 7) is 11.2. The molecule has 1 aromatic rings. The quantitative estimate of drug-likeness (QED) is 0.838. The number of rotatable bonds is 7. The number of nitrogens with zero attached hydrogens (tertiary/aromatic N) is 2. The zero-order chi connectivity index (χ0) is 15.5. The number of hydrogen-bond acceptors (Lipinski definition) is 4. The van der Waals surface area contributed by atoms with E-state index in [1.54, 1.807) is 7.11 Å². The summed E-state index contributed by atoms with van der Waals surface area (Å²) in [5, 5.41) is 3.57. The molecular weight excluding hydrogens is 262 g/mol. The SMILES string of the molecule is COCCN(c1cc(C)ncc1CNC(C)(C)C)C1CC1. The molecule has 0 spiro atoms. The Bertz CT molecular complexity index is 464. The first kappa shape index (κ1) is 16.2. The molecule has 0 aromatic carbocycles. The van der Waals surface area contributed by atoms with Gasteiger partial charge >= 0.3 is 0 Å². The van der Waals surface area contributed by atoms with Gasteiger partial charge in [0, 0.05) is 54.9 Å². The maximum Gasteiger partial charge on any atom is 0.0637 e. The van der Waals surface area contributed by atoms with Crippen LogP contribution in [0, 0.1) is 6.92 Å². The number of ether oxygens (including phenoxy) is 1. The Hall–Kier alpha value is -1.13. The Kier molecular flexibility index (Phi) is 5.22. The average Bonchev–Trinajstić information content (AvgIpc) is 3.22. The molecular formula is C17H29N3O. The van der Waals surface area contributed by atoms with Gasteiger partial charge in [-0.05, 0) is 46.6 Å². The van der Waals surface area contributed by atoms with Crippen LogP contribution in [0.2, 0.25) is 0 Å². The highest BCUT2D eigenvalue weighted by Gasteiger charge is 2.30. The van der Waals surface area contributed by atoms with Crippen LogP contribution in [0.3, 0.4) is 0 Å². The van der Waals surface area contributed by atoms with Crippen LogP contribution in [-0.4, -0.2) is 36.8 Å². The molecule has 0 bridgehead atoms. The average molecular weight is 291 g/mol. The molecule has 4 heteroatoms. The van der Waals surface area contributed by atoms with Crippen molar-refractivity contribution in [2.75, 3.05) is 25.2 Å². The summed E-state index contributed by atoms with van der Waals surface area (Å²) in [4.78, 5) is 6.98. The Morgan fingerprint density at radius 2 is 2.10 bits per heavy atom. The minimum absolute atomic E-state index is 0.110. The predicted molar refractivity (Wildman–Crippen MR) is 87.8 cm³/mol. The van der Waals surface area contributed by atoms with E-state index in [0.717, 1.165) is 25.4 Å². The molecule has 0 radical (unpaired) electrons. The lowest BCUT2D eigenvalue weighted by molar-refractivity contribution is 0.205. The van der Waals surface area contributed by atoms with E-state index in [-0.39, 0.29) is 5.54 Å². The maximum absolute atomic E-state index is 5.28. The van der Waals surface area contributed by atoms with Gasteiger partial charge < -0.3 is 15.0 Å². The van der Waals surface area contributed by atoms with Gasteiger partial charge in [0.1, 0.15) is 0 Å².